The minimum absolute atomic E-state index is 0.507. The van der Waals surface area contributed by atoms with Crippen molar-refractivity contribution in [1.29, 1.82) is 0 Å². The molecule has 0 atom stereocenters. The quantitative estimate of drug-likeness (QED) is 0.811. The second kappa shape index (κ2) is 4.76. The second-order valence-corrected chi connectivity index (χ2v) is 4.87. The summed E-state index contributed by atoms with van der Waals surface area (Å²) in [5, 5.41) is 3.11. The van der Waals surface area contributed by atoms with Crippen molar-refractivity contribution in [2.24, 2.45) is 0 Å². The number of benzene rings is 1. The summed E-state index contributed by atoms with van der Waals surface area (Å²) in [6.07, 6.45) is 0. The fraction of sp³-hybridized carbons (Fsp3) is 0. The molecule has 5 heteroatoms. The lowest BCUT2D eigenvalue weighted by molar-refractivity contribution is -0.112. The maximum absolute atomic E-state index is 11.5. The fourth-order valence-corrected chi connectivity index (χ4v) is 1.46. The van der Waals surface area contributed by atoms with Crippen LogP contribution in [0.2, 0.25) is 0 Å². The van der Waals surface area contributed by atoms with Crippen LogP contribution in [-0.4, -0.2) is 14.3 Å². The molecule has 0 fully saturated rings. The normalized spacial score (nSPS) is 10.5. The van der Waals surface area contributed by atoms with E-state index >= 15 is 0 Å². The zero-order valence-corrected chi connectivity index (χ0v) is 9.33. The van der Waals surface area contributed by atoms with Crippen LogP contribution in [0.25, 0.3) is 0 Å². The van der Waals surface area contributed by atoms with Crippen LogP contribution in [0.4, 0.5) is 5.69 Å². The SMILES string of the molecule is C=CS(=O)(=O)C(=C)C(=O)Nc1ccccc1. The summed E-state index contributed by atoms with van der Waals surface area (Å²) in [5.74, 6) is -0.758. The molecule has 4 nitrogen and oxygen atoms in total. The van der Waals surface area contributed by atoms with Crippen LogP contribution >= 0.6 is 0 Å². The molecular formula is C11H11NO3S. The van der Waals surface area contributed by atoms with E-state index in [1.165, 1.54) is 0 Å². The molecule has 0 bridgehead atoms. The highest BCUT2D eigenvalue weighted by Crippen LogP contribution is 2.11. The molecule has 0 aliphatic heterocycles. The van der Waals surface area contributed by atoms with Crippen LogP contribution in [0, 0.1) is 0 Å². The number of carbonyl (C=O) groups is 1. The molecule has 1 rings (SSSR count). The van der Waals surface area contributed by atoms with Gasteiger partial charge >= 0.3 is 0 Å². The third kappa shape index (κ3) is 2.80. The highest BCUT2D eigenvalue weighted by Gasteiger charge is 2.19. The fourth-order valence-electron chi connectivity index (χ4n) is 0.952. The Balaban J connectivity index is 2.83. The molecule has 0 aliphatic carbocycles. The van der Waals surface area contributed by atoms with Crippen LogP contribution in [0.15, 0.2) is 53.8 Å². The number of hydrogen-bond donors (Lipinski definition) is 1. The topological polar surface area (TPSA) is 63.2 Å². The second-order valence-electron chi connectivity index (χ2n) is 2.96. The molecule has 1 aromatic rings. The van der Waals surface area contributed by atoms with Gasteiger partial charge in [-0.3, -0.25) is 4.79 Å². The van der Waals surface area contributed by atoms with Gasteiger partial charge in [-0.05, 0) is 12.1 Å². The van der Waals surface area contributed by atoms with Gasteiger partial charge in [0.25, 0.3) is 5.91 Å². The van der Waals surface area contributed by atoms with E-state index in [-0.39, 0.29) is 0 Å². The summed E-state index contributed by atoms with van der Waals surface area (Å²) < 4.78 is 22.5. The average Bonchev–Trinajstić information content (AvgIpc) is 2.29. The lowest BCUT2D eigenvalue weighted by Crippen LogP contribution is -2.18. The Hall–Kier alpha value is -1.88. The summed E-state index contributed by atoms with van der Waals surface area (Å²) in [4.78, 5) is 11.0. The number of amides is 1. The molecule has 16 heavy (non-hydrogen) atoms. The van der Waals surface area contributed by atoms with Gasteiger partial charge in [-0.2, -0.15) is 0 Å². The summed E-state index contributed by atoms with van der Waals surface area (Å²) >= 11 is 0. The van der Waals surface area contributed by atoms with Crippen molar-refractivity contribution < 1.29 is 13.2 Å². The monoisotopic (exact) mass is 237 g/mol. The van der Waals surface area contributed by atoms with Gasteiger partial charge < -0.3 is 5.32 Å². The van der Waals surface area contributed by atoms with E-state index in [9.17, 15) is 13.2 Å². The van der Waals surface area contributed by atoms with E-state index in [1.807, 2.05) is 0 Å². The number of sulfone groups is 1. The summed E-state index contributed by atoms with van der Waals surface area (Å²) in [5.41, 5.74) is 0.507. The maximum atomic E-state index is 11.5. The van der Waals surface area contributed by atoms with Crippen LogP contribution in [0.5, 0.6) is 0 Å². The smallest absolute Gasteiger partial charge is 0.266 e. The van der Waals surface area contributed by atoms with Gasteiger partial charge in [0.15, 0.2) is 0 Å². The third-order valence-corrected chi connectivity index (χ3v) is 3.16. The van der Waals surface area contributed by atoms with Crippen LogP contribution in [-0.2, 0) is 14.6 Å². The standard InChI is InChI=1S/C11H11NO3S/c1-3-16(14,15)9(2)11(13)12-10-7-5-4-6-8-10/h3-8H,1-2H2,(H,12,13). The molecule has 0 heterocycles. The van der Waals surface area contributed by atoms with Crippen molar-refractivity contribution >= 4 is 21.4 Å². The van der Waals surface area contributed by atoms with Crippen molar-refractivity contribution in [1.82, 2.24) is 0 Å². The number of carbonyl (C=O) groups excluding carboxylic acids is 1. The first-order valence-corrected chi connectivity index (χ1v) is 5.95. The van der Waals surface area contributed by atoms with Crippen LogP contribution in [0.3, 0.4) is 0 Å². The number of nitrogens with one attached hydrogen (secondary N) is 1. The first-order chi connectivity index (χ1) is 7.47. The van der Waals surface area contributed by atoms with Gasteiger partial charge in [-0.25, -0.2) is 8.42 Å². The van der Waals surface area contributed by atoms with E-state index in [4.69, 9.17) is 0 Å². The minimum atomic E-state index is -3.76. The number of rotatable bonds is 4. The van der Waals surface area contributed by atoms with E-state index in [0.717, 1.165) is 0 Å². The van der Waals surface area contributed by atoms with E-state index < -0.39 is 20.6 Å². The minimum Gasteiger partial charge on any atom is -0.321 e. The molecule has 0 spiro atoms. The molecule has 0 unspecified atom stereocenters. The summed E-state index contributed by atoms with van der Waals surface area (Å²) in [7, 11) is -3.76. The predicted octanol–water partition coefficient (Wildman–Crippen LogP) is 1.70. The molecule has 0 aliphatic rings. The zero-order valence-electron chi connectivity index (χ0n) is 8.51. The molecular weight excluding hydrogens is 226 g/mol. The van der Waals surface area contributed by atoms with Crippen molar-refractivity contribution in [3.05, 3.63) is 53.8 Å². The molecule has 0 saturated carbocycles. The molecule has 0 radical (unpaired) electrons. The molecule has 1 amide bonds. The average molecular weight is 237 g/mol. The number of anilines is 1. The molecule has 1 N–H and O–H groups in total. The maximum Gasteiger partial charge on any atom is 0.266 e. The van der Waals surface area contributed by atoms with Crippen molar-refractivity contribution in [2.45, 2.75) is 0 Å². The predicted molar refractivity (Wildman–Crippen MR) is 63.3 cm³/mol. The van der Waals surface area contributed by atoms with E-state index in [0.29, 0.717) is 11.1 Å². The lowest BCUT2D eigenvalue weighted by Gasteiger charge is -2.05. The first kappa shape index (κ1) is 12.2. The Morgan fingerprint density at radius 3 is 2.31 bits per heavy atom. The first-order valence-electron chi connectivity index (χ1n) is 4.40. The van der Waals surface area contributed by atoms with E-state index in [1.54, 1.807) is 30.3 Å². The Morgan fingerprint density at radius 1 is 1.25 bits per heavy atom. The van der Waals surface area contributed by atoms with Gasteiger partial charge in [0.1, 0.15) is 4.91 Å². The van der Waals surface area contributed by atoms with Crippen molar-refractivity contribution in [3.63, 3.8) is 0 Å². The number of para-hydroxylation sites is 1. The molecule has 0 saturated heterocycles. The van der Waals surface area contributed by atoms with Gasteiger partial charge in [0, 0.05) is 11.1 Å². The Morgan fingerprint density at radius 2 is 1.81 bits per heavy atom. The van der Waals surface area contributed by atoms with Crippen LogP contribution in [0.1, 0.15) is 0 Å². The van der Waals surface area contributed by atoms with Gasteiger partial charge in [-0.15, -0.1) is 0 Å². The Labute approximate surface area is 94.2 Å². The van der Waals surface area contributed by atoms with Gasteiger partial charge in [-0.1, -0.05) is 31.4 Å². The van der Waals surface area contributed by atoms with Crippen molar-refractivity contribution in [2.75, 3.05) is 5.32 Å². The van der Waals surface area contributed by atoms with E-state index in [2.05, 4.69) is 18.5 Å². The number of hydrogen-bond acceptors (Lipinski definition) is 3. The highest BCUT2D eigenvalue weighted by atomic mass is 32.2. The Kier molecular flexibility index (Phi) is 3.63. The highest BCUT2D eigenvalue weighted by molar-refractivity contribution is 7.98. The van der Waals surface area contributed by atoms with Crippen LogP contribution < -0.4 is 5.32 Å². The Bertz CT molecular complexity index is 517. The van der Waals surface area contributed by atoms with Gasteiger partial charge in [0.2, 0.25) is 9.84 Å². The lowest BCUT2D eigenvalue weighted by atomic mass is 10.3. The third-order valence-electron chi connectivity index (χ3n) is 1.85. The molecule has 0 aromatic heterocycles. The largest absolute Gasteiger partial charge is 0.321 e. The zero-order chi connectivity index (χ0) is 12.2. The molecule has 1 aromatic carbocycles. The summed E-state index contributed by atoms with van der Waals surface area (Å²) in [6, 6.07) is 8.52. The molecule has 84 valence electrons. The summed E-state index contributed by atoms with van der Waals surface area (Å²) in [6.45, 7) is 6.34. The van der Waals surface area contributed by atoms with Gasteiger partial charge in [0.05, 0.1) is 0 Å². The van der Waals surface area contributed by atoms with Crippen molar-refractivity contribution in [3.8, 4) is 0 Å².